The number of aromatic amines is 1. The number of halogens is 1. The molecule has 0 fully saturated rings. The second kappa shape index (κ2) is 5.15. The molecule has 1 heterocycles. The maximum Gasteiger partial charge on any atom is 0.304 e. The van der Waals surface area contributed by atoms with Gasteiger partial charge < -0.3 is 5.32 Å². The molecule has 9 heteroatoms. The van der Waals surface area contributed by atoms with Crippen molar-refractivity contribution in [1.29, 1.82) is 5.26 Å². The third-order valence-electron chi connectivity index (χ3n) is 2.40. The third-order valence-corrected chi connectivity index (χ3v) is 2.40. The van der Waals surface area contributed by atoms with Crippen LogP contribution in [0.4, 0.5) is 15.9 Å². The fourth-order valence-corrected chi connectivity index (χ4v) is 1.45. The fourth-order valence-electron chi connectivity index (χ4n) is 1.45. The molecule has 2 rings (SSSR count). The second-order valence-electron chi connectivity index (χ2n) is 3.65. The van der Waals surface area contributed by atoms with Gasteiger partial charge in [0.2, 0.25) is 5.82 Å². The van der Waals surface area contributed by atoms with Gasteiger partial charge in [-0.15, -0.1) is 0 Å². The Balaban J connectivity index is 2.24. The van der Waals surface area contributed by atoms with Crippen LogP contribution in [-0.2, 0) is 0 Å². The van der Waals surface area contributed by atoms with Crippen LogP contribution in [0.2, 0.25) is 0 Å². The number of rotatable bonds is 3. The van der Waals surface area contributed by atoms with Crippen LogP contribution >= 0.6 is 0 Å². The first kappa shape index (κ1) is 13.2. The smallest absolute Gasteiger partial charge is 0.304 e. The van der Waals surface area contributed by atoms with E-state index >= 15 is 0 Å². The van der Waals surface area contributed by atoms with Crippen LogP contribution in [0.5, 0.6) is 0 Å². The molecule has 0 spiro atoms. The minimum Gasteiger partial charge on any atom is -0.306 e. The second-order valence-corrected chi connectivity index (χ2v) is 3.65. The van der Waals surface area contributed by atoms with Gasteiger partial charge in [-0.3, -0.25) is 20.0 Å². The lowest BCUT2D eigenvalue weighted by Crippen LogP contribution is -2.13. The van der Waals surface area contributed by atoms with Crippen LogP contribution in [-0.4, -0.2) is 21.0 Å². The highest BCUT2D eigenvalue weighted by Gasteiger charge is 2.17. The molecular weight excluding hydrogens is 269 g/mol. The molecule has 0 saturated heterocycles. The zero-order valence-corrected chi connectivity index (χ0v) is 9.75. The number of carbonyl (C=O) groups excluding carboxylic acids is 1. The molecule has 2 aromatic rings. The Labute approximate surface area is 111 Å². The highest BCUT2D eigenvalue weighted by molar-refractivity contribution is 6.04. The summed E-state index contributed by atoms with van der Waals surface area (Å²) in [7, 11) is 0. The van der Waals surface area contributed by atoms with Gasteiger partial charge in [0.05, 0.1) is 11.1 Å². The van der Waals surface area contributed by atoms with E-state index in [4.69, 9.17) is 5.26 Å². The Morgan fingerprint density at radius 1 is 1.55 bits per heavy atom. The van der Waals surface area contributed by atoms with Gasteiger partial charge in [0.15, 0.2) is 0 Å². The largest absolute Gasteiger partial charge is 0.306 e. The number of H-pyrrole nitrogens is 1. The lowest BCUT2D eigenvalue weighted by Gasteiger charge is -2.03. The highest BCUT2D eigenvalue weighted by Crippen LogP contribution is 2.19. The predicted octanol–water partition coefficient (Wildman–Crippen LogP) is 1.58. The first-order valence-electron chi connectivity index (χ1n) is 5.21. The van der Waals surface area contributed by atoms with E-state index in [2.05, 4.69) is 15.5 Å². The van der Waals surface area contributed by atoms with Crippen molar-refractivity contribution >= 4 is 17.4 Å². The molecular formula is C11H6FN5O3. The van der Waals surface area contributed by atoms with Gasteiger partial charge in [0.25, 0.3) is 5.91 Å². The Morgan fingerprint density at radius 3 is 2.90 bits per heavy atom. The first-order valence-corrected chi connectivity index (χ1v) is 5.21. The summed E-state index contributed by atoms with van der Waals surface area (Å²) >= 11 is 0. The number of nitrogens with zero attached hydrogens (tertiary/aromatic N) is 3. The molecule has 1 aromatic heterocycles. The molecule has 0 aliphatic rings. The normalized spacial score (nSPS) is 9.80. The minimum atomic E-state index is -1.12. The van der Waals surface area contributed by atoms with Crippen molar-refractivity contribution in [2.45, 2.75) is 0 Å². The van der Waals surface area contributed by atoms with E-state index in [1.165, 1.54) is 6.20 Å². The number of nitriles is 1. The van der Waals surface area contributed by atoms with Crippen molar-refractivity contribution < 1.29 is 14.1 Å². The maximum absolute atomic E-state index is 13.4. The number of nitro groups is 1. The number of aromatic nitrogens is 2. The molecule has 0 aliphatic heterocycles. The summed E-state index contributed by atoms with van der Waals surface area (Å²) in [5, 5.41) is 27.5. The van der Waals surface area contributed by atoms with Crippen LogP contribution < -0.4 is 5.32 Å². The van der Waals surface area contributed by atoms with E-state index < -0.39 is 22.3 Å². The van der Waals surface area contributed by atoms with Crippen molar-refractivity contribution in [2.24, 2.45) is 0 Å². The molecule has 0 atom stereocenters. The van der Waals surface area contributed by atoms with Crippen LogP contribution in [0.25, 0.3) is 0 Å². The summed E-state index contributed by atoms with van der Waals surface area (Å²) in [6.45, 7) is 0. The summed E-state index contributed by atoms with van der Waals surface area (Å²) in [4.78, 5) is 21.4. The Morgan fingerprint density at radius 2 is 2.30 bits per heavy atom. The van der Waals surface area contributed by atoms with Gasteiger partial charge in [-0.1, -0.05) is 0 Å². The first-order chi connectivity index (χ1) is 9.52. The van der Waals surface area contributed by atoms with E-state index in [9.17, 15) is 19.3 Å². The summed E-state index contributed by atoms with van der Waals surface area (Å²) in [5.74, 6) is -1.77. The van der Waals surface area contributed by atoms with Crippen molar-refractivity contribution in [3.8, 4) is 6.07 Å². The summed E-state index contributed by atoms with van der Waals surface area (Å²) in [6.07, 6.45) is 1.21. The number of nitro benzene ring substituents is 1. The zero-order valence-electron chi connectivity index (χ0n) is 9.75. The topological polar surface area (TPSA) is 125 Å². The molecule has 100 valence electrons. The van der Waals surface area contributed by atoms with Crippen molar-refractivity contribution in [1.82, 2.24) is 10.2 Å². The molecule has 1 aromatic carbocycles. The van der Waals surface area contributed by atoms with Gasteiger partial charge in [-0.25, -0.2) is 0 Å². The molecule has 0 aliphatic carbocycles. The van der Waals surface area contributed by atoms with Crippen LogP contribution in [0.3, 0.4) is 0 Å². The van der Waals surface area contributed by atoms with E-state index in [1.807, 2.05) is 0 Å². The van der Waals surface area contributed by atoms with Crippen molar-refractivity contribution in [2.75, 3.05) is 5.32 Å². The molecule has 20 heavy (non-hydrogen) atoms. The van der Waals surface area contributed by atoms with Crippen LogP contribution in [0.1, 0.15) is 15.9 Å². The fraction of sp³-hybridized carbons (Fsp3) is 0. The van der Waals surface area contributed by atoms with Gasteiger partial charge >= 0.3 is 5.69 Å². The summed E-state index contributed by atoms with van der Waals surface area (Å²) < 4.78 is 13.4. The number of carbonyl (C=O) groups is 1. The Bertz CT molecular complexity index is 734. The number of anilines is 1. The third kappa shape index (κ3) is 2.44. The van der Waals surface area contributed by atoms with Gasteiger partial charge in [-0.05, 0) is 12.1 Å². The minimum absolute atomic E-state index is 0.0660. The molecule has 0 bridgehead atoms. The average Bonchev–Trinajstić information content (AvgIpc) is 2.85. The lowest BCUT2D eigenvalue weighted by molar-refractivity contribution is -0.387. The standard InChI is InChI=1S/C11H6FN5O3/c12-8-3-6(1-2-9(8)17(19)20)11(18)15-10-7(4-13)5-14-16-10/h1-3,5H,(H2,14,15,16,18). The SMILES string of the molecule is N#Cc1cn[nH]c1NC(=O)c1ccc([N+](=O)[O-])c(F)c1. The lowest BCUT2D eigenvalue weighted by atomic mass is 10.2. The molecule has 0 radical (unpaired) electrons. The quantitative estimate of drug-likeness (QED) is 0.649. The van der Waals surface area contributed by atoms with Crippen molar-refractivity contribution in [3.05, 3.63) is 51.5 Å². The number of nitrogens with one attached hydrogen (secondary N) is 2. The number of hydrogen-bond acceptors (Lipinski definition) is 5. The molecule has 0 unspecified atom stereocenters. The van der Waals surface area contributed by atoms with E-state index in [-0.39, 0.29) is 16.9 Å². The summed E-state index contributed by atoms with van der Waals surface area (Å²) in [5.41, 5.74) is -0.729. The molecule has 8 nitrogen and oxygen atoms in total. The van der Waals surface area contributed by atoms with Gasteiger partial charge in [0.1, 0.15) is 17.5 Å². The molecule has 1 amide bonds. The van der Waals surface area contributed by atoms with E-state index in [0.29, 0.717) is 0 Å². The zero-order chi connectivity index (χ0) is 14.7. The number of hydrogen-bond donors (Lipinski definition) is 2. The van der Waals surface area contributed by atoms with E-state index in [0.717, 1.165) is 18.2 Å². The Kier molecular flexibility index (Phi) is 3.39. The number of amides is 1. The molecule has 2 N–H and O–H groups in total. The predicted molar refractivity (Wildman–Crippen MR) is 64.3 cm³/mol. The van der Waals surface area contributed by atoms with Gasteiger partial charge in [-0.2, -0.15) is 14.8 Å². The average molecular weight is 275 g/mol. The Hall–Kier alpha value is -3.28. The van der Waals surface area contributed by atoms with Crippen molar-refractivity contribution in [3.63, 3.8) is 0 Å². The van der Waals surface area contributed by atoms with Crippen LogP contribution in [0.15, 0.2) is 24.4 Å². The summed E-state index contributed by atoms with van der Waals surface area (Å²) in [6, 6.07) is 4.54. The maximum atomic E-state index is 13.4. The molecule has 0 saturated carbocycles. The van der Waals surface area contributed by atoms with Crippen LogP contribution in [0, 0.1) is 27.3 Å². The van der Waals surface area contributed by atoms with Gasteiger partial charge in [0, 0.05) is 11.6 Å². The number of benzene rings is 1. The highest BCUT2D eigenvalue weighted by atomic mass is 19.1. The van der Waals surface area contributed by atoms with E-state index in [1.54, 1.807) is 6.07 Å². The monoisotopic (exact) mass is 275 g/mol.